The number of H-pyrrole nitrogens is 1. The van der Waals surface area contributed by atoms with Crippen molar-refractivity contribution in [1.82, 2.24) is 9.97 Å². The number of nitrogens with one attached hydrogen (secondary N) is 1. The number of hydrogen-bond donors (Lipinski definition) is 1. The summed E-state index contributed by atoms with van der Waals surface area (Å²) in [5.41, 5.74) is 3.66. The van der Waals surface area contributed by atoms with Gasteiger partial charge in [0.25, 0.3) is 0 Å². The largest absolute Gasteiger partial charge is 0.360 e. The molecule has 0 amide bonds. The molecule has 4 heteroatoms. The smallest absolute Gasteiger partial charge is 0.200 e. The molecule has 1 aromatic carbocycles. The molecule has 0 saturated heterocycles. The summed E-state index contributed by atoms with van der Waals surface area (Å²) in [4.78, 5) is 30.8. The fourth-order valence-corrected chi connectivity index (χ4v) is 2.39. The number of fused-ring (bicyclic) bond motifs is 1. The number of nitrogens with zero attached hydrogens (tertiary/aromatic N) is 1. The molecule has 0 bridgehead atoms. The van der Waals surface area contributed by atoms with E-state index in [2.05, 4.69) is 9.97 Å². The number of pyridine rings is 2. The number of ketones is 1. The molecule has 0 radical (unpaired) electrons. The highest BCUT2D eigenvalue weighted by atomic mass is 16.1. The Kier molecular flexibility index (Phi) is 3.14. The van der Waals surface area contributed by atoms with E-state index in [0.717, 1.165) is 22.3 Å². The fourth-order valence-electron chi connectivity index (χ4n) is 2.39. The topological polar surface area (TPSA) is 62.8 Å². The van der Waals surface area contributed by atoms with E-state index in [1.165, 1.54) is 13.1 Å². The van der Waals surface area contributed by atoms with Crippen molar-refractivity contribution in [2.45, 2.75) is 13.8 Å². The van der Waals surface area contributed by atoms with Crippen LogP contribution in [0, 0.1) is 6.92 Å². The Bertz CT molecular complexity index is 910. The van der Waals surface area contributed by atoms with Gasteiger partial charge in [-0.1, -0.05) is 6.07 Å². The van der Waals surface area contributed by atoms with Crippen molar-refractivity contribution in [3.8, 4) is 11.1 Å². The van der Waals surface area contributed by atoms with Crippen LogP contribution in [0.4, 0.5) is 0 Å². The van der Waals surface area contributed by atoms with Crippen LogP contribution in [0.5, 0.6) is 0 Å². The molecular formula is C17H14N2O2. The fraction of sp³-hybridized carbons (Fsp3) is 0.118. The van der Waals surface area contributed by atoms with Crippen LogP contribution >= 0.6 is 0 Å². The second-order valence-electron chi connectivity index (χ2n) is 5.03. The SMILES string of the molecule is CC(=O)c1c[nH]c2cc(-c3ccnc(C)c3)ccc2c1=O. The van der Waals surface area contributed by atoms with E-state index in [-0.39, 0.29) is 16.8 Å². The lowest BCUT2D eigenvalue weighted by Gasteiger charge is -2.05. The second kappa shape index (κ2) is 4.98. The van der Waals surface area contributed by atoms with Crippen molar-refractivity contribution < 1.29 is 4.79 Å². The average molecular weight is 278 g/mol. The van der Waals surface area contributed by atoms with Gasteiger partial charge < -0.3 is 4.98 Å². The third kappa shape index (κ3) is 2.36. The number of aryl methyl sites for hydroxylation is 1. The molecule has 21 heavy (non-hydrogen) atoms. The Morgan fingerprint density at radius 3 is 2.62 bits per heavy atom. The first-order chi connectivity index (χ1) is 10.1. The lowest BCUT2D eigenvalue weighted by atomic mass is 10.0. The number of Topliss-reactive ketones (excluding diaryl/α,β-unsaturated/α-hetero) is 1. The standard InChI is InChI=1S/C17H14N2O2/c1-10-7-13(5-6-18-10)12-3-4-14-16(8-12)19-9-15(11(2)20)17(14)21/h3-9H,1-2H3,(H,19,21). The Morgan fingerprint density at radius 2 is 1.90 bits per heavy atom. The Morgan fingerprint density at radius 1 is 1.14 bits per heavy atom. The van der Waals surface area contributed by atoms with Crippen molar-refractivity contribution in [3.05, 3.63) is 64.2 Å². The van der Waals surface area contributed by atoms with Gasteiger partial charge in [0.1, 0.15) is 0 Å². The van der Waals surface area contributed by atoms with E-state index in [1.54, 1.807) is 12.3 Å². The molecule has 0 saturated carbocycles. The Balaban J connectivity index is 2.20. The average Bonchev–Trinajstić information content (AvgIpc) is 2.47. The van der Waals surface area contributed by atoms with Gasteiger partial charge >= 0.3 is 0 Å². The molecule has 0 unspecified atom stereocenters. The van der Waals surface area contributed by atoms with Crippen molar-refractivity contribution in [2.75, 3.05) is 0 Å². The first-order valence-corrected chi connectivity index (χ1v) is 6.65. The molecule has 3 rings (SSSR count). The number of aromatic amines is 1. The normalized spacial score (nSPS) is 10.8. The van der Waals surface area contributed by atoms with Crippen LogP contribution in [0.2, 0.25) is 0 Å². The Hall–Kier alpha value is -2.75. The summed E-state index contributed by atoms with van der Waals surface area (Å²) in [6.07, 6.45) is 3.24. The minimum Gasteiger partial charge on any atom is -0.360 e. The quantitative estimate of drug-likeness (QED) is 0.733. The van der Waals surface area contributed by atoms with E-state index in [1.807, 2.05) is 31.2 Å². The zero-order valence-electron chi connectivity index (χ0n) is 11.8. The van der Waals surface area contributed by atoms with Crippen molar-refractivity contribution >= 4 is 16.7 Å². The third-order valence-electron chi connectivity index (χ3n) is 3.49. The minimum absolute atomic E-state index is 0.190. The van der Waals surface area contributed by atoms with E-state index >= 15 is 0 Å². The number of benzene rings is 1. The van der Waals surface area contributed by atoms with Crippen LogP contribution in [0.15, 0.2) is 47.5 Å². The number of aromatic nitrogens is 2. The summed E-state index contributed by atoms with van der Waals surface area (Å²) in [5.74, 6) is -0.230. The highest BCUT2D eigenvalue weighted by Crippen LogP contribution is 2.22. The van der Waals surface area contributed by atoms with Gasteiger partial charge in [-0.15, -0.1) is 0 Å². The van der Waals surface area contributed by atoms with E-state index in [4.69, 9.17) is 0 Å². The third-order valence-corrected chi connectivity index (χ3v) is 3.49. The van der Waals surface area contributed by atoms with Crippen LogP contribution < -0.4 is 5.43 Å². The minimum atomic E-state index is -0.230. The summed E-state index contributed by atoms with van der Waals surface area (Å²) in [6, 6.07) is 9.47. The van der Waals surface area contributed by atoms with E-state index in [9.17, 15) is 9.59 Å². The summed E-state index contributed by atoms with van der Waals surface area (Å²) in [7, 11) is 0. The van der Waals surface area contributed by atoms with Gasteiger partial charge in [-0.25, -0.2) is 0 Å². The molecule has 0 aliphatic rings. The lowest BCUT2D eigenvalue weighted by Crippen LogP contribution is -2.13. The summed E-state index contributed by atoms with van der Waals surface area (Å²) >= 11 is 0. The van der Waals surface area contributed by atoms with Gasteiger partial charge in [0.05, 0.1) is 5.56 Å². The molecule has 2 aromatic heterocycles. The van der Waals surface area contributed by atoms with Crippen LogP contribution in [-0.4, -0.2) is 15.8 Å². The van der Waals surface area contributed by atoms with Gasteiger partial charge in [0, 0.05) is 29.0 Å². The van der Waals surface area contributed by atoms with Gasteiger partial charge in [-0.2, -0.15) is 0 Å². The van der Waals surface area contributed by atoms with Crippen molar-refractivity contribution in [1.29, 1.82) is 0 Å². The summed E-state index contributed by atoms with van der Waals surface area (Å²) < 4.78 is 0. The number of carbonyl (C=O) groups excluding carboxylic acids is 1. The number of rotatable bonds is 2. The Labute approximate surface area is 121 Å². The maximum Gasteiger partial charge on any atom is 0.200 e. The molecule has 2 heterocycles. The maximum absolute atomic E-state index is 12.2. The zero-order valence-corrected chi connectivity index (χ0v) is 11.8. The maximum atomic E-state index is 12.2. The first kappa shape index (κ1) is 13.2. The van der Waals surface area contributed by atoms with E-state index in [0.29, 0.717) is 5.39 Å². The van der Waals surface area contributed by atoms with E-state index < -0.39 is 0 Å². The molecule has 3 aromatic rings. The summed E-state index contributed by atoms with van der Waals surface area (Å²) in [6.45, 7) is 3.33. The number of carbonyl (C=O) groups is 1. The van der Waals surface area contributed by atoms with Crippen LogP contribution in [0.25, 0.3) is 22.0 Å². The first-order valence-electron chi connectivity index (χ1n) is 6.65. The van der Waals surface area contributed by atoms with Crippen LogP contribution in [0.3, 0.4) is 0 Å². The summed E-state index contributed by atoms with van der Waals surface area (Å²) in [5, 5.41) is 0.525. The second-order valence-corrected chi connectivity index (χ2v) is 5.03. The molecule has 0 spiro atoms. The van der Waals surface area contributed by atoms with Gasteiger partial charge in [-0.3, -0.25) is 14.6 Å². The van der Waals surface area contributed by atoms with Gasteiger partial charge in [0.2, 0.25) is 0 Å². The molecule has 4 nitrogen and oxygen atoms in total. The van der Waals surface area contributed by atoms with Crippen LogP contribution in [0.1, 0.15) is 23.0 Å². The monoisotopic (exact) mass is 278 g/mol. The predicted octanol–water partition coefficient (Wildman–Crippen LogP) is 3.10. The molecule has 0 aliphatic heterocycles. The van der Waals surface area contributed by atoms with Gasteiger partial charge in [0.15, 0.2) is 11.2 Å². The predicted molar refractivity (Wildman–Crippen MR) is 82.5 cm³/mol. The molecule has 0 atom stereocenters. The van der Waals surface area contributed by atoms with Crippen molar-refractivity contribution in [2.24, 2.45) is 0 Å². The molecule has 1 N–H and O–H groups in total. The zero-order chi connectivity index (χ0) is 15.0. The number of hydrogen-bond acceptors (Lipinski definition) is 3. The highest BCUT2D eigenvalue weighted by molar-refractivity contribution is 5.97. The molecule has 0 fully saturated rings. The van der Waals surface area contributed by atoms with Gasteiger partial charge in [-0.05, 0) is 49.2 Å². The molecule has 104 valence electrons. The molecular weight excluding hydrogens is 264 g/mol. The lowest BCUT2D eigenvalue weighted by molar-refractivity contribution is 0.101. The van der Waals surface area contributed by atoms with Crippen molar-refractivity contribution in [3.63, 3.8) is 0 Å². The molecule has 0 aliphatic carbocycles. The van der Waals surface area contributed by atoms with Crippen LogP contribution in [-0.2, 0) is 0 Å². The highest BCUT2D eigenvalue weighted by Gasteiger charge is 2.09.